The lowest BCUT2D eigenvalue weighted by Crippen LogP contribution is -2.55. The van der Waals surface area contributed by atoms with Crippen molar-refractivity contribution in [2.75, 3.05) is 18.4 Å². The fourth-order valence-electron chi connectivity index (χ4n) is 3.74. The molecule has 1 heterocycles. The minimum absolute atomic E-state index is 0.0874. The number of hydrogen-bond acceptors (Lipinski definition) is 4. The molecule has 3 N–H and O–H groups in total. The number of hydrogen-bond donors (Lipinski definition) is 3. The van der Waals surface area contributed by atoms with Crippen LogP contribution in [0.3, 0.4) is 0 Å². The van der Waals surface area contributed by atoms with Gasteiger partial charge in [0.1, 0.15) is 5.58 Å². The Bertz CT molecular complexity index is 852. The Morgan fingerprint density at radius 3 is 2.78 bits per heavy atom. The number of anilines is 1. The third-order valence-electron chi connectivity index (χ3n) is 5.52. The molecule has 2 amide bonds. The second kappa shape index (κ2) is 7.23. The van der Waals surface area contributed by atoms with E-state index in [1.807, 2.05) is 25.1 Å². The average molecular weight is 371 g/mol. The van der Waals surface area contributed by atoms with Gasteiger partial charge in [0, 0.05) is 29.7 Å². The number of urea groups is 1. The highest BCUT2D eigenvalue weighted by Gasteiger charge is 2.37. The Balaban J connectivity index is 1.27. The standard InChI is InChI=1S/C20H25N3O4/c1-12-11-27-18-5-4-14(8-17(12)18)21-20(26)22-15-6-16(7-15)23(10-19(24)25)9-13-2-3-13/h4-5,8,11,13,15-16H,2-3,6-7,9-10H2,1H3,(H,24,25)(H2,21,22,26). The first-order chi connectivity index (χ1) is 13.0. The van der Waals surface area contributed by atoms with Crippen molar-refractivity contribution in [2.45, 2.75) is 44.7 Å². The van der Waals surface area contributed by atoms with Crippen molar-refractivity contribution in [3.05, 3.63) is 30.0 Å². The van der Waals surface area contributed by atoms with Gasteiger partial charge in [-0.05, 0) is 62.3 Å². The molecule has 2 aromatic rings. The number of furan rings is 1. The second-order valence-corrected chi connectivity index (χ2v) is 7.82. The summed E-state index contributed by atoms with van der Waals surface area (Å²) in [5, 5.41) is 15.9. The molecule has 7 nitrogen and oxygen atoms in total. The minimum Gasteiger partial charge on any atom is -0.480 e. The smallest absolute Gasteiger partial charge is 0.319 e. The van der Waals surface area contributed by atoms with Gasteiger partial charge in [0.2, 0.25) is 0 Å². The van der Waals surface area contributed by atoms with Crippen LogP contribution in [0.15, 0.2) is 28.9 Å². The van der Waals surface area contributed by atoms with E-state index in [4.69, 9.17) is 9.52 Å². The SMILES string of the molecule is Cc1coc2ccc(NC(=O)NC3CC(N(CC(=O)O)CC4CC4)C3)cc12. The molecule has 2 saturated carbocycles. The summed E-state index contributed by atoms with van der Waals surface area (Å²) in [6, 6.07) is 5.67. The number of nitrogens with zero attached hydrogens (tertiary/aromatic N) is 1. The van der Waals surface area contributed by atoms with Crippen LogP contribution in [0.1, 0.15) is 31.2 Å². The lowest BCUT2D eigenvalue weighted by atomic mass is 9.85. The van der Waals surface area contributed by atoms with E-state index in [9.17, 15) is 9.59 Å². The van der Waals surface area contributed by atoms with Crippen LogP contribution in [0.5, 0.6) is 0 Å². The van der Waals surface area contributed by atoms with Crippen LogP contribution in [0.25, 0.3) is 11.0 Å². The van der Waals surface area contributed by atoms with Crippen molar-refractivity contribution in [3.8, 4) is 0 Å². The van der Waals surface area contributed by atoms with Crippen LogP contribution >= 0.6 is 0 Å². The third kappa shape index (κ3) is 4.24. The summed E-state index contributed by atoms with van der Waals surface area (Å²) in [6.45, 7) is 2.92. The highest BCUT2D eigenvalue weighted by Crippen LogP contribution is 2.33. The molecule has 27 heavy (non-hydrogen) atoms. The van der Waals surface area contributed by atoms with Crippen molar-refractivity contribution in [1.29, 1.82) is 0 Å². The number of carbonyl (C=O) groups excluding carboxylic acids is 1. The van der Waals surface area contributed by atoms with Crippen LogP contribution in [0.2, 0.25) is 0 Å². The van der Waals surface area contributed by atoms with Gasteiger partial charge in [-0.2, -0.15) is 0 Å². The number of nitrogens with one attached hydrogen (secondary N) is 2. The fourth-order valence-corrected chi connectivity index (χ4v) is 3.74. The molecule has 0 atom stereocenters. The van der Waals surface area contributed by atoms with E-state index in [0.29, 0.717) is 5.92 Å². The Morgan fingerprint density at radius 1 is 1.30 bits per heavy atom. The molecule has 1 aromatic carbocycles. The number of carbonyl (C=O) groups is 2. The van der Waals surface area contributed by atoms with Crippen LogP contribution < -0.4 is 10.6 Å². The van der Waals surface area contributed by atoms with Crippen LogP contribution in [0.4, 0.5) is 10.5 Å². The Morgan fingerprint density at radius 2 is 2.07 bits per heavy atom. The van der Waals surface area contributed by atoms with E-state index in [1.54, 1.807) is 6.26 Å². The molecule has 2 fully saturated rings. The zero-order valence-electron chi connectivity index (χ0n) is 15.4. The Hall–Kier alpha value is -2.54. The maximum Gasteiger partial charge on any atom is 0.319 e. The topological polar surface area (TPSA) is 94.8 Å². The summed E-state index contributed by atoms with van der Waals surface area (Å²) >= 11 is 0. The number of fused-ring (bicyclic) bond motifs is 1. The molecule has 0 unspecified atom stereocenters. The Labute approximate surface area is 157 Å². The monoisotopic (exact) mass is 371 g/mol. The molecule has 0 bridgehead atoms. The Kier molecular flexibility index (Phi) is 4.78. The number of carboxylic acid groups (broad SMARTS) is 1. The quantitative estimate of drug-likeness (QED) is 0.695. The molecular formula is C20H25N3O4. The van der Waals surface area contributed by atoms with Gasteiger partial charge in [0.15, 0.2) is 0 Å². The predicted octanol–water partition coefficient (Wildman–Crippen LogP) is 3.19. The van der Waals surface area contributed by atoms with E-state index in [-0.39, 0.29) is 24.7 Å². The molecule has 2 aliphatic carbocycles. The average Bonchev–Trinajstić information content (AvgIpc) is 3.32. The van der Waals surface area contributed by atoms with Gasteiger partial charge in [-0.1, -0.05) is 0 Å². The van der Waals surface area contributed by atoms with E-state index in [0.717, 1.165) is 41.6 Å². The summed E-state index contributed by atoms with van der Waals surface area (Å²) in [6.07, 6.45) is 5.70. The second-order valence-electron chi connectivity index (χ2n) is 7.82. The zero-order valence-corrected chi connectivity index (χ0v) is 15.4. The van der Waals surface area contributed by atoms with Crippen LogP contribution in [0, 0.1) is 12.8 Å². The summed E-state index contributed by atoms with van der Waals surface area (Å²) in [5.74, 6) is -0.129. The molecule has 0 aliphatic heterocycles. The maximum absolute atomic E-state index is 12.3. The molecular weight excluding hydrogens is 346 g/mol. The van der Waals surface area contributed by atoms with E-state index < -0.39 is 5.97 Å². The lowest BCUT2D eigenvalue weighted by molar-refractivity contribution is -0.139. The molecule has 7 heteroatoms. The van der Waals surface area contributed by atoms with Crippen molar-refractivity contribution < 1.29 is 19.1 Å². The number of rotatable bonds is 7. The third-order valence-corrected chi connectivity index (χ3v) is 5.52. The molecule has 1 aromatic heterocycles. The highest BCUT2D eigenvalue weighted by atomic mass is 16.4. The molecule has 2 aliphatic rings. The van der Waals surface area contributed by atoms with Crippen molar-refractivity contribution in [2.24, 2.45) is 5.92 Å². The summed E-state index contributed by atoms with van der Waals surface area (Å²) in [7, 11) is 0. The van der Waals surface area contributed by atoms with E-state index in [2.05, 4.69) is 15.5 Å². The van der Waals surface area contributed by atoms with Gasteiger partial charge in [-0.15, -0.1) is 0 Å². The van der Waals surface area contributed by atoms with Crippen molar-refractivity contribution in [1.82, 2.24) is 10.2 Å². The molecule has 144 valence electrons. The zero-order chi connectivity index (χ0) is 19.0. The molecule has 0 saturated heterocycles. The predicted molar refractivity (Wildman–Crippen MR) is 102 cm³/mol. The highest BCUT2D eigenvalue weighted by molar-refractivity contribution is 5.93. The minimum atomic E-state index is -0.783. The summed E-state index contributed by atoms with van der Waals surface area (Å²) in [5.41, 5.74) is 2.56. The molecule has 0 radical (unpaired) electrons. The first kappa shape index (κ1) is 17.9. The van der Waals surface area contributed by atoms with Gasteiger partial charge >= 0.3 is 12.0 Å². The van der Waals surface area contributed by atoms with Crippen molar-refractivity contribution in [3.63, 3.8) is 0 Å². The number of aryl methyl sites for hydroxylation is 1. The van der Waals surface area contributed by atoms with E-state index >= 15 is 0 Å². The number of benzene rings is 1. The normalized spacial score (nSPS) is 21.9. The first-order valence-corrected chi connectivity index (χ1v) is 9.49. The molecule has 0 spiro atoms. The van der Waals surface area contributed by atoms with Gasteiger partial charge in [-0.25, -0.2) is 4.79 Å². The maximum atomic E-state index is 12.3. The van der Waals surface area contributed by atoms with Crippen LogP contribution in [-0.4, -0.2) is 47.2 Å². The van der Waals surface area contributed by atoms with Gasteiger partial charge in [0.05, 0.1) is 12.8 Å². The fraction of sp³-hybridized carbons (Fsp3) is 0.500. The number of amides is 2. The van der Waals surface area contributed by atoms with Gasteiger partial charge < -0.3 is 20.2 Å². The summed E-state index contributed by atoms with van der Waals surface area (Å²) in [4.78, 5) is 25.4. The molecule has 4 rings (SSSR count). The largest absolute Gasteiger partial charge is 0.480 e. The van der Waals surface area contributed by atoms with Gasteiger partial charge in [0.25, 0.3) is 0 Å². The van der Waals surface area contributed by atoms with Crippen LogP contribution in [-0.2, 0) is 4.79 Å². The van der Waals surface area contributed by atoms with Gasteiger partial charge in [-0.3, -0.25) is 9.69 Å². The number of carboxylic acids is 1. The van der Waals surface area contributed by atoms with Crippen molar-refractivity contribution >= 4 is 28.7 Å². The first-order valence-electron chi connectivity index (χ1n) is 9.49. The lowest BCUT2D eigenvalue weighted by Gasteiger charge is -2.42. The summed E-state index contributed by atoms with van der Waals surface area (Å²) < 4.78 is 5.42. The number of aliphatic carboxylic acids is 1. The van der Waals surface area contributed by atoms with E-state index in [1.165, 1.54) is 12.8 Å².